The average Bonchev–Trinajstić information content (AvgIpc) is 2.06. The quantitative estimate of drug-likeness (QED) is 0.451. The number of terminal acetylenes is 1. The Morgan fingerprint density at radius 2 is 1.92 bits per heavy atom. The van der Waals surface area contributed by atoms with Gasteiger partial charge in [0.05, 0.1) is 0 Å². The van der Waals surface area contributed by atoms with E-state index in [1.807, 2.05) is 18.4 Å². The molecule has 0 N–H and O–H groups in total. The van der Waals surface area contributed by atoms with Gasteiger partial charge in [-0.15, -0.1) is 0 Å². The molecule has 0 spiro atoms. The van der Waals surface area contributed by atoms with Crippen molar-refractivity contribution in [3.8, 4) is 12.3 Å². The number of halogens is 1. The summed E-state index contributed by atoms with van der Waals surface area (Å²) in [7, 11) is 5.18. The van der Waals surface area contributed by atoms with Crippen molar-refractivity contribution in [1.82, 2.24) is 4.67 Å². The zero-order valence-corrected chi connectivity index (χ0v) is 10.9. The summed E-state index contributed by atoms with van der Waals surface area (Å²) in [6.45, 7) is 2.47. The van der Waals surface area contributed by atoms with Gasteiger partial charge < -0.3 is 0 Å². The van der Waals surface area contributed by atoms with Crippen LogP contribution in [0.4, 0.5) is 0 Å². The van der Waals surface area contributed by atoms with E-state index in [0.29, 0.717) is 6.54 Å². The summed E-state index contributed by atoms with van der Waals surface area (Å²) in [5.74, 6) is 2.56. The molecule has 12 heavy (non-hydrogen) atoms. The van der Waals surface area contributed by atoms with E-state index >= 15 is 0 Å². The first-order chi connectivity index (χ1) is 5.39. The minimum atomic E-state index is -2.63. The summed E-state index contributed by atoms with van der Waals surface area (Å²) in [5.41, 5.74) is 0. The van der Waals surface area contributed by atoms with E-state index in [0.717, 1.165) is 0 Å². The molecule has 0 aliphatic carbocycles. The molecule has 0 saturated carbocycles. The van der Waals surface area contributed by atoms with Crippen LogP contribution in [0.5, 0.6) is 0 Å². The molecule has 0 aromatic rings. The van der Waals surface area contributed by atoms with Crippen LogP contribution < -0.4 is 0 Å². The van der Waals surface area contributed by atoms with Crippen LogP contribution in [0.2, 0.25) is 0 Å². The van der Waals surface area contributed by atoms with Crippen molar-refractivity contribution in [2.24, 2.45) is 0 Å². The second-order valence-electron chi connectivity index (χ2n) is 2.57. The Morgan fingerprint density at radius 3 is 2.17 bits per heavy atom. The Morgan fingerprint density at radius 1 is 1.50 bits per heavy atom. The molecule has 0 unspecified atom stereocenters. The van der Waals surface area contributed by atoms with E-state index in [-0.39, 0.29) is 0 Å². The van der Waals surface area contributed by atoms with Gasteiger partial charge in [-0.25, -0.2) is 0 Å². The third-order valence-corrected chi connectivity index (χ3v) is 9.73. The normalized spacial score (nSPS) is 15.2. The van der Waals surface area contributed by atoms with Crippen LogP contribution in [0.15, 0.2) is 0 Å². The maximum atomic E-state index is 5.41. The molecule has 0 amide bonds. The predicted molar refractivity (Wildman–Crippen MR) is 62.3 cm³/mol. The van der Waals surface area contributed by atoms with Crippen molar-refractivity contribution in [2.75, 3.05) is 34.5 Å². The van der Waals surface area contributed by atoms with Crippen LogP contribution in [-0.4, -0.2) is 39.1 Å². The molecular formula is C7H15INO2P. The number of hydrogen-bond acceptors (Lipinski definition) is 3. The van der Waals surface area contributed by atoms with Gasteiger partial charge in [-0.1, -0.05) is 0 Å². The fourth-order valence-corrected chi connectivity index (χ4v) is 2.20. The zero-order chi connectivity index (χ0) is 9.85. The molecule has 0 aliphatic heterocycles. The topological polar surface area (TPSA) is 21.7 Å². The molecule has 0 aromatic heterocycles. The first-order valence-electron chi connectivity index (χ1n) is 3.40. The van der Waals surface area contributed by atoms with E-state index in [1.165, 1.54) is 0 Å². The van der Waals surface area contributed by atoms with Crippen molar-refractivity contribution in [2.45, 2.75) is 0 Å². The second-order valence-corrected chi connectivity index (χ2v) is 12.9. The van der Waals surface area contributed by atoms with E-state index in [4.69, 9.17) is 15.5 Å². The maximum absolute atomic E-state index is 5.41. The van der Waals surface area contributed by atoms with Crippen LogP contribution in [0.3, 0.4) is 0 Å². The molecule has 0 rings (SSSR count). The zero-order valence-electron chi connectivity index (χ0n) is 7.87. The number of nitrogens with zero attached hydrogens (tertiary/aromatic N) is 1. The molecule has 0 atom stereocenters. The monoisotopic (exact) mass is 303 g/mol. The van der Waals surface area contributed by atoms with Crippen LogP contribution in [0, 0.1) is 12.3 Å². The molecular weight excluding hydrogens is 288 g/mol. The molecule has 0 fully saturated rings. The van der Waals surface area contributed by atoms with Gasteiger partial charge in [-0.3, -0.25) is 0 Å². The van der Waals surface area contributed by atoms with Gasteiger partial charge in [-0.05, 0) is 0 Å². The van der Waals surface area contributed by atoms with Crippen LogP contribution in [0.25, 0.3) is 0 Å². The fourth-order valence-electron chi connectivity index (χ4n) is 0.641. The van der Waals surface area contributed by atoms with Crippen LogP contribution >= 0.6 is 26.9 Å². The minimum absolute atomic E-state index is 0.527. The number of rotatable bonds is 4. The molecule has 0 aromatic carbocycles. The van der Waals surface area contributed by atoms with E-state index in [2.05, 4.69) is 28.0 Å². The average molecular weight is 303 g/mol. The molecule has 0 aliphatic rings. The van der Waals surface area contributed by atoms with Crippen molar-refractivity contribution < 1.29 is 9.05 Å². The first kappa shape index (κ1) is 12.6. The Kier molecular flexibility index (Phi) is 4.42. The Labute approximate surface area is 87.4 Å². The fraction of sp³-hybridized carbons (Fsp3) is 0.714. The summed E-state index contributed by atoms with van der Waals surface area (Å²) >= 11 is 2.20. The Balaban J connectivity index is 4.64. The van der Waals surface area contributed by atoms with Crippen molar-refractivity contribution in [3.05, 3.63) is 0 Å². The molecule has 0 bridgehead atoms. The standard InChI is InChI=1S/C7H15INO2P/c1-6-7-9(2)12(5,8,10-3)11-4/h1H,7H2,2-5H3. The van der Waals surface area contributed by atoms with Gasteiger partial charge >= 0.3 is 87.4 Å². The molecule has 0 radical (unpaired) electrons. The first-order valence-corrected chi connectivity index (χ1v) is 8.66. The summed E-state index contributed by atoms with van der Waals surface area (Å²) in [5, 5.41) is 0. The van der Waals surface area contributed by atoms with Crippen molar-refractivity contribution in [3.63, 3.8) is 0 Å². The van der Waals surface area contributed by atoms with E-state index in [1.54, 1.807) is 14.2 Å². The Hall–Kier alpha value is 0.600. The van der Waals surface area contributed by atoms with E-state index < -0.39 is 4.85 Å². The van der Waals surface area contributed by atoms with Gasteiger partial charge in [-0.2, -0.15) is 0 Å². The van der Waals surface area contributed by atoms with Gasteiger partial charge in [0.2, 0.25) is 0 Å². The second kappa shape index (κ2) is 4.21. The molecule has 0 saturated heterocycles. The molecule has 72 valence electrons. The number of hydrogen-bond donors (Lipinski definition) is 0. The van der Waals surface area contributed by atoms with Gasteiger partial charge in [0, 0.05) is 0 Å². The Bertz CT molecular complexity index is 194. The SMILES string of the molecule is C#CCN(C)P(C)(I)(OC)OC. The van der Waals surface area contributed by atoms with Crippen molar-refractivity contribution in [1.29, 1.82) is 0 Å². The molecule has 3 nitrogen and oxygen atoms in total. The third kappa shape index (κ3) is 2.54. The van der Waals surface area contributed by atoms with Crippen LogP contribution in [-0.2, 0) is 9.05 Å². The molecule has 0 heterocycles. The summed E-state index contributed by atoms with van der Waals surface area (Å²) in [4.78, 5) is -2.63. The summed E-state index contributed by atoms with van der Waals surface area (Å²) in [6, 6.07) is 0. The van der Waals surface area contributed by atoms with Gasteiger partial charge in [0.1, 0.15) is 0 Å². The van der Waals surface area contributed by atoms with Gasteiger partial charge in [0.25, 0.3) is 0 Å². The van der Waals surface area contributed by atoms with Crippen LogP contribution in [0.1, 0.15) is 0 Å². The predicted octanol–water partition coefficient (Wildman–Crippen LogP) is 2.12. The molecule has 5 heteroatoms. The summed E-state index contributed by atoms with van der Waals surface area (Å²) < 4.78 is 12.8. The third-order valence-electron chi connectivity index (χ3n) is 1.88. The summed E-state index contributed by atoms with van der Waals surface area (Å²) in [6.07, 6.45) is 5.21. The van der Waals surface area contributed by atoms with Gasteiger partial charge in [0.15, 0.2) is 0 Å². The van der Waals surface area contributed by atoms with E-state index in [9.17, 15) is 0 Å². The van der Waals surface area contributed by atoms with Crippen molar-refractivity contribution >= 4 is 26.9 Å².